The first-order valence-corrected chi connectivity index (χ1v) is 7.40. The van der Waals surface area contributed by atoms with E-state index >= 15 is 0 Å². The molecule has 0 aromatic heterocycles. The molecule has 1 saturated heterocycles. The Kier molecular flexibility index (Phi) is 5.03. The average molecular weight is 305 g/mol. The van der Waals surface area contributed by atoms with E-state index in [1.165, 1.54) is 4.90 Å². The number of rotatable bonds is 2. The molecule has 6 heteroatoms. The van der Waals surface area contributed by atoms with Crippen LogP contribution in [0.15, 0.2) is 24.3 Å². The number of carbonyl (C=O) groups excluding carboxylic acids is 2. The second-order valence-corrected chi connectivity index (χ2v) is 5.87. The smallest absolute Gasteiger partial charge is 0.322 e. The number of ether oxygens (including phenoxy) is 1. The number of hydrogen-bond donors (Lipinski definition) is 1. The molecule has 0 saturated carbocycles. The van der Waals surface area contributed by atoms with Gasteiger partial charge in [-0.05, 0) is 32.0 Å². The van der Waals surface area contributed by atoms with Gasteiger partial charge in [0.1, 0.15) is 0 Å². The fraction of sp³-hybridized carbons (Fsp3) is 0.500. The van der Waals surface area contributed by atoms with Crippen LogP contribution in [0, 0.1) is 0 Å². The summed E-state index contributed by atoms with van der Waals surface area (Å²) in [5.74, 6) is -0.0929. The van der Waals surface area contributed by atoms with Crippen molar-refractivity contribution >= 4 is 17.6 Å². The molecule has 0 spiro atoms. The van der Waals surface area contributed by atoms with Gasteiger partial charge in [0.2, 0.25) is 0 Å². The van der Waals surface area contributed by atoms with Gasteiger partial charge in [0.25, 0.3) is 5.91 Å². The third kappa shape index (κ3) is 3.98. The number of amides is 3. The molecule has 120 valence electrons. The van der Waals surface area contributed by atoms with Crippen molar-refractivity contribution in [3.8, 4) is 0 Å². The number of anilines is 1. The summed E-state index contributed by atoms with van der Waals surface area (Å²) in [7, 11) is 3.40. The first-order valence-electron chi connectivity index (χ1n) is 7.40. The van der Waals surface area contributed by atoms with E-state index in [2.05, 4.69) is 5.32 Å². The van der Waals surface area contributed by atoms with Gasteiger partial charge in [-0.15, -0.1) is 0 Å². The molecular weight excluding hydrogens is 282 g/mol. The zero-order chi connectivity index (χ0) is 16.3. The summed E-state index contributed by atoms with van der Waals surface area (Å²) in [6, 6.07) is 6.79. The molecule has 22 heavy (non-hydrogen) atoms. The van der Waals surface area contributed by atoms with Crippen molar-refractivity contribution in [3.05, 3.63) is 29.8 Å². The molecule has 1 aromatic rings. The lowest BCUT2D eigenvalue weighted by molar-refractivity contribution is -0.0530. The van der Waals surface area contributed by atoms with Crippen molar-refractivity contribution in [1.29, 1.82) is 0 Å². The molecule has 1 aliphatic rings. The molecule has 1 heterocycles. The Morgan fingerprint density at radius 2 is 1.86 bits per heavy atom. The number of hydrogen-bond acceptors (Lipinski definition) is 3. The minimum Gasteiger partial charge on any atom is -0.372 e. The Hall–Kier alpha value is -2.08. The summed E-state index contributed by atoms with van der Waals surface area (Å²) < 4.78 is 5.62. The zero-order valence-electron chi connectivity index (χ0n) is 13.5. The molecule has 1 aromatic carbocycles. The van der Waals surface area contributed by atoms with Gasteiger partial charge in [-0.3, -0.25) is 4.79 Å². The number of carbonyl (C=O) groups is 2. The van der Waals surface area contributed by atoms with Crippen LogP contribution in [0.4, 0.5) is 10.5 Å². The molecule has 1 N–H and O–H groups in total. The van der Waals surface area contributed by atoms with Crippen molar-refractivity contribution in [1.82, 2.24) is 9.80 Å². The number of nitrogens with one attached hydrogen (secondary N) is 1. The van der Waals surface area contributed by atoms with Crippen LogP contribution in [0.5, 0.6) is 0 Å². The van der Waals surface area contributed by atoms with Gasteiger partial charge in [0.15, 0.2) is 0 Å². The minimum atomic E-state index is -0.170. The number of benzene rings is 1. The van der Waals surface area contributed by atoms with Crippen molar-refractivity contribution < 1.29 is 14.3 Å². The summed E-state index contributed by atoms with van der Waals surface area (Å²) >= 11 is 0. The van der Waals surface area contributed by atoms with Crippen molar-refractivity contribution in [2.75, 3.05) is 32.5 Å². The van der Waals surface area contributed by atoms with Gasteiger partial charge in [0, 0.05) is 38.4 Å². The van der Waals surface area contributed by atoms with E-state index in [9.17, 15) is 9.59 Å². The Morgan fingerprint density at radius 1 is 1.23 bits per heavy atom. The van der Waals surface area contributed by atoms with Crippen LogP contribution >= 0.6 is 0 Å². The van der Waals surface area contributed by atoms with E-state index in [4.69, 9.17) is 4.74 Å². The number of urea groups is 1. The predicted molar refractivity (Wildman–Crippen MR) is 85.1 cm³/mol. The second kappa shape index (κ2) is 6.79. The van der Waals surface area contributed by atoms with E-state index < -0.39 is 0 Å². The molecule has 1 fully saturated rings. The normalized spacial score (nSPS) is 21.4. The molecule has 0 unspecified atom stereocenters. The summed E-state index contributed by atoms with van der Waals surface area (Å²) in [6.07, 6.45) is 0.0484. The maximum Gasteiger partial charge on any atom is 0.322 e. The quantitative estimate of drug-likeness (QED) is 0.909. The van der Waals surface area contributed by atoms with Gasteiger partial charge in [0.05, 0.1) is 12.2 Å². The molecule has 2 rings (SSSR count). The van der Waals surface area contributed by atoms with Crippen LogP contribution in [0.3, 0.4) is 0 Å². The maximum absolute atomic E-state index is 12.3. The Morgan fingerprint density at radius 3 is 2.45 bits per heavy atom. The average Bonchev–Trinajstić information content (AvgIpc) is 2.45. The van der Waals surface area contributed by atoms with E-state index in [0.717, 1.165) is 0 Å². The third-order valence-corrected chi connectivity index (χ3v) is 3.47. The predicted octanol–water partition coefficient (Wildman–Crippen LogP) is 2.03. The van der Waals surface area contributed by atoms with Gasteiger partial charge in [-0.2, -0.15) is 0 Å². The molecular formula is C16H23N3O3. The first kappa shape index (κ1) is 16.3. The maximum atomic E-state index is 12.3. The highest BCUT2D eigenvalue weighted by atomic mass is 16.5. The molecule has 1 aliphatic heterocycles. The van der Waals surface area contributed by atoms with Crippen molar-refractivity contribution in [2.45, 2.75) is 26.1 Å². The Balaban J connectivity index is 2.05. The number of nitrogens with zero attached hydrogens (tertiary/aromatic N) is 2. The molecule has 3 amide bonds. The lowest BCUT2D eigenvalue weighted by atomic mass is 10.2. The van der Waals surface area contributed by atoms with Gasteiger partial charge >= 0.3 is 6.03 Å². The first-order chi connectivity index (χ1) is 10.4. The van der Waals surface area contributed by atoms with E-state index in [-0.39, 0.29) is 24.1 Å². The van der Waals surface area contributed by atoms with E-state index in [1.807, 2.05) is 13.8 Å². The highest BCUT2D eigenvalue weighted by molar-refractivity contribution is 5.96. The molecule has 0 aliphatic carbocycles. The fourth-order valence-electron chi connectivity index (χ4n) is 2.53. The SMILES string of the molecule is C[C@@H]1CN(C(=O)Nc2cccc(C(=O)N(C)C)c2)C[C@@H](C)O1. The van der Waals surface area contributed by atoms with Gasteiger partial charge in [-0.1, -0.05) is 6.07 Å². The van der Waals surface area contributed by atoms with Crippen molar-refractivity contribution in [3.63, 3.8) is 0 Å². The lowest BCUT2D eigenvalue weighted by Crippen LogP contribution is -2.49. The summed E-state index contributed by atoms with van der Waals surface area (Å²) in [5.41, 5.74) is 1.16. The van der Waals surface area contributed by atoms with Crippen molar-refractivity contribution in [2.24, 2.45) is 0 Å². The second-order valence-electron chi connectivity index (χ2n) is 5.87. The van der Waals surface area contributed by atoms with Gasteiger partial charge in [-0.25, -0.2) is 4.79 Å². The molecule has 2 atom stereocenters. The van der Waals surface area contributed by atoms with Crippen LogP contribution in [-0.2, 0) is 4.74 Å². The summed E-state index contributed by atoms with van der Waals surface area (Å²) in [5, 5.41) is 2.85. The van der Waals surface area contributed by atoms with Crippen LogP contribution in [-0.4, -0.2) is 61.1 Å². The van der Waals surface area contributed by atoms with Gasteiger partial charge < -0.3 is 19.9 Å². The molecule has 6 nitrogen and oxygen atoms in total. The largest absolute Gasteiger partial charge is 0.372 e. The zero-order valence-corrected chi connectivity index (χ0v) is 13.5. The van der Waals surface area contributed by atoms with Crippen LogP contribution in [0.1, 0.15) is 24.2 Å². The highest BCUT2D eigenvalue weighted by Gasteiger charge is 2.25. The Bertz CT molecular complexity index is 549. The van der Waals surface area contributed by atoms with E-state index in [1.54, 1.807) is 43.3 Å². The standard InChI is InChI=1S/C16H23N3O3/c1-11-9-19(10-12(2)22-11)16(21)17-14-7-5-6-13(8-14)15(20)18(3)4/h5-8,11-12H,9-10H2,1-4H3,(H,17,21)/t11-,12-/m1/s1. The van der Waals surface area contributed by atoms with Crippen LogP contribution in [0.2, 0.25) is 0 Å². The third-order valence-electron chi connectivity index (χ3n) is 3.47. The fourth-order valence-corrected chi connectivity index (χ4v) is 2.53. The molecule has 0 bridgehead atoms. The van der Waals surface area contributed by atoms with Crippen LogP contribution in [0.25, 0.3) is 0 Å². The highest BCUT2D eigenvalue weighted by Crippen LogP contribution is 2.15. The Labute approximate surface area is 131 Å². The monoisotopic (exact) mass is 305 g/mol. The lowest BCUT2D eigenvalue weighted by Gasteiger charge is -2.35. The van der Waals surface area contributed by atoms with E-state index in [0.29, 0.717) is 24.3 Å². The minimum absolute atomic E-state index is 0.0242. The summed E-state index contributed by atoms with van der Waals surface area (Å²) in [6.45, 7) is 5.03. The van der Waals surface area contributed by atoms with Crippen LogP contribution < -0.4 is 5.32 Å². The number of morpholine rings is 1. The topological polar surface area (TPSA) is 61.9 Å². The molecule has 0 radical (unpaired) electrons. The summed E-state index contributed by atoms with van der Waals surface area (Å²) in [4.78, 5) is 27.5.